The molecule has 6 heteroatoms. The van der Waals surface area contributed by atoms with Gasteiger partial charge >= 0.3 is 0 Å². The zero-order valence-corrected chi connectivity index (χ0v) is 14.3. The largest absolute Gasteiger partial charge is 0.493 e. The fourth-order valence-corrected chi connectivity index (χ4v) is 2.41. The van der Waals surface area contributed by atoms with Crippen molar-refractivity contribution in [3.05, 3.63) is 41.5 Å². The number of carbonyl (C=O) groups excluding carboxylic acids is 1. The first-order valence-corrected chi connectivity index (χ1v) is 7.53. The third-order valence-corrected chi connectivity index (χ3v) is 3.71. The van der Waals surface area contributed by atoms with Gasteiger partial charge in [0.1, 0.15) is 0 Å². The van der Waals surface area contributed by atoms with Crippen molar-refractivity contribution in [1.29, 1.82) is 0 Å². The number of hydrogen-bond acceptors (Lipinski definition) is 5. The summed E-state index contributed by atoms with van der Waals surface area (Å²) in [6.45, 7) is 2.03. The number of nitrogens with one attached hydrogen (secondary N) is 1. The molecule has 24 heavy (non-hydrogen) atoms. The van der Waals surface area contributed by atoms with Crippen LogP contribution in [0.5, 0.6) is 17.2 Å². The zero-order chi connectivity index (χ0) is 17.7. The Morgan fingerprint density at radius 3 is 2.12 bits per heavy atom. The maximum absolute atomic E-state index is 12.5. The molecule has 128 valence electrons. The van der Waals surface area contributed by atoms with Crippen LogP contribution >= 0.6 is 0 Å². The van der Waals surface area contributed by atoms with Crippen LogP contribution in [0.15, 0.2) is 30.3 Å². The number of aryl methyl sites for hydroxylation is 1. The van der Waals surface area contributed by atoms with Crippen LogP contribution in [-0.4, -0.2) is 27.2 Å². The average Bonchev–Trinajstić information content (AvgIpc) is 2.60. The summed E-state index contributed by atoms with van der Waals surface area (Å²) in [5.41, 5.74) is 8.68. The molecule has 0 atom stereocenters. The van der Waals surface area contributed by atoms with E-state index in [1.165, 1.54) is 21.3 Å². The lowest BCUT2D eigenvalue weighted by Crippen LogP contribution is -2.13. The number of benzene rings is 2. The van der Waals surface area contributed by atoms with Crippen LogP contribution in [0.4, 0.5) is 11.4 Å². The van der Waals surface area contributed by atoms with Crippen molar-refractivity contribution in [3.63, 3.8) is 0 Å². The van der Waals surface area contributed by atoms with Crippen LogP contribution in [0, 0.1) is 0 Å². The van der Waals surface area contributed by atoms with E-state index in [0.717, 1.165) is 12.0 Å². The van der Waals surface area contributed by atoms with Crippen molar-refractivity contribution < 1.29 is 19.0 Å². The summed E-state index contributed by atoms with van der Waals surface area (Å²) in [4.78, 5) is 12.5. The van der Waals surface area contributed by atoms with E-state index >= 15 is 0 Å². The maximum atomic E-state index is 12.5. The van der Waals surface area contributed by atoms with Crippen LogP contribution in [-0.2, 0) is 6.42 Å². The molecule has 0 aromatic heterocycles. The van der Waals surface area contributed by atoms with Gasteiger partial charge in [-0.15, -0.1) is 0 Å². The molecule has 0 aliphatic rings. The molecule has 0 bridgehead atoms. The van der Waals surface area contributed by atoms with Gasteiger partial charge in [0.05, 0.1) is 21.3 Å². The number of ether oxygens (including phenoxy) is 3. The summed E-state index contributed by atoms with van der Waals surface area (Å²) in [6, 6.07) is 8.67. The van der Waals surface area contributed by atoms with Gasteiger partial charge in [0.15, 0.2) is 11.5 Å². The highest BCUT2D eigenvalue weighted by atomic mass is 16.5. The summed E-state index contributed by atoms with van der Waals surface area (Å²) < 4.78 is 15.8. The van der Waals surface area contributed by atoms with Gasteiger partial charge in [0, 0.05) is 16.9 Å². The Balaban J connectivity index is 2.31. The number of amides is 1. The van der Waals surface area contributed by atoms with E-state index in [1.807, 2.05) is 19.1 Å². The monoisotopic (exact) mass is 330 g/mol. The van der Waals surface area contributed by atoms with E-state index in [1.54, 1.807) is 18.2 Å². The zero-order valence-electron chi connectivity index (χ0n) is 14.3. The molecule has 0 saturated heterocycles. The topological polar surface area (TPSA) is 82.8 Å². The van der Waals surface area contributed by atoms with Crippen LogP contribution in [0.3, 0.4) is 0 Å². The summed E-state index contributed by atoms with van der Waals surface area (Å²) in [7, 11) is 4.52. The highest BCUT2D eigenvalue weighted by molar-refractivity contribution is 6.05. The molecule has 3 N–H and O–H groups in total. The van der Waals surface area contributed by atoms with Crippen molar-refractivity contribution in [3.8, 4) is 17.2 Å². The number of methoxy groups -OCH3 is 3. The van der Waals surface area contributed by atoms with Gasteiger partial charge in [-0.1, -0.05) is 13.0 Å². The summed E-state index contributed by atoms with van der Waals surface area (Å²) in [6.07, 6.45) is 0.840. The Labute approximate surface area is 141 Å². The lowest BCUT2D eigenvalue weighted by Gasteiger charge is -2.14. The number of carbonyl (C=O) groups is 1. The number of hydrogen-bond donors (Lipinski definition) is 2. The van der Waals surface area contributed by atoms with Gasteiger partial charge in [-0.05, 0) is 36.2 Å². The molecular formula is C18H22N2O4. The molecule has 2 aromatic carbocycles. The Hall–Kier alpha value is -2.89. The Bertz CT molecular complexity index is 719. The van der Waals surface area contributed by atoms with Gasteiger partial charge in [-0.2, -0.15) is 0 Å². The van der Waals surface area contributed by atoms with E-state index in [9.17, 15) is 4.79 Å². The molecule has 0 heterocycles. The molecule has 0 aliphatic heterocycles. The van der Waals surface area contributed by atoms with E-state index in [-0.39, 0.29) is 5.91 Å². The fourth-order valence-electron chi connectivity index (χ4n) is 2.41. The third-order valence-electron chi connectivity index (χ3n) is 3.71. The van der Waals surface area contributed by atoms with Gasteiger partial charge in [0.2, 0.25) is 5.75 Å². The van der Waals surface area contributed by atoms with E-state index in [2.05, 4.69) is 5.32 Å². The van der Waals surface area contributed by atoms with E-state index in [0.29, 0.717) is 34.2 Å². The van der Waals surface area contributed by atoms with Crippen LogP contribution in [0.25, 0.3) is 0 Å². The normalized spacial score (nSPS) is 10.2. The molecule has 1 amide bonds. The van der Waals surface area contributed by atoms with Crippen molar-refractivity contribution in [2.24, 2.45) is 0 Å². The van der Waals surface area contributed by atoms with E-state index < -0.39 is 0 Å². The fraction of sp³-hybridized carbons (Fsp3) is 0.278. The molecule has 0 radical (unpaired) electrons. The minimum absolute atomic E-state index is 0.294. The molecule has 6 nitrogen and oxygen atoms in total. The first kappa shape index (κ1) is 17.5. The molecular weight excluding hydrogens is 308 g/mol. The standard InChI is InChI=1S/C18H22N2O4/c1-5-11-6-7-13(10-14(11)19)20-18(21)12-8-15(22-2)17(24-4)16(9-12)23-3/h6-10H,5,19H2,1-4H3,(H,20,21). The quantitative estimate of drug-likeness (QED) is 0.795. The highest BCUT2D eigenvalue weighted by Crippen LogP contribution is 2.38. The van der Waals surface area contributed by atoms with Crippen LogP contribution in [0.2, 0.25) is 0 Å². The second kappa shape index (κ2) is 7.59. The molecule has 0 spiro atoms. The molecule has 0 aliphatic carbocycles. The number of anilines is 2. The Morgan fingerprint density at radius 2 is 1.67 bits per heavy atom. The predicted molar refractivity (Wildman–Crippen MR) is 94.3 cm³/mol. The van der Waals surface area contributed by atoms with E-state index in [4.69, 9.17) is 19.9 Å². The molecule has 0 fully saturated rings. The SMILES string of the molecule is CCc1ccc(NC(=O)c2cc(OC)c(OC)c(OC)c2)cc1N. The molecule has 2 rings (SSSR count). The second-order valence-corrected chi connectivity index (χ2v) is 5.14. The molecule has 2 aromatic rings. The van der Waals surface area contributed by atoms with Gasteiger partial charge in [-0.25, -0.2) is 0 Å². The number of nitrogen functional groups attached to an aromatic ring is 1. The van der Waals surface area contributed by atoms with Crippen LogP contribution < -0.4 is 25.3 Å². The lowest BCUT2D eigenvalue weighted by atomic mass is 10.1. The molecule has 0 unspecified atom stereocenters. The minimum Gasteiger partial charge on any atom is -0.493 e. The summed E-state index contributed by atoms with van der Waals surface area (Å²) in [5.74, 6) is 0.983. The van der Waals surface area contributed by atoms with Crippen molar-refractivity contribution >= 4 is 17.3 Å². The summed E-state index contributed by atoms with van der Waals surface area (Å²) in [5, 5.41) is 2.82. The first-order valence-electron chi connectivity index (χ1n) is 7.53. The van der Waals surface area contributed by atoms with Gasteiger partial charge < -0.3 is 25.3 Å². The van der Waals surface area contributed by atoms with Gasteiger partial charge in [-0.3, -0.25) is 4.79 Å². The van der Waals surface area contributed by atoms with Crippen molar-refractivity contribution in [1.82, 2.24) is 0 Å². The lowest BCUT2D eigenvalue weighted by molar-refractivity contribution is 0.102. The Kier molecular flexibility index (Phi) is 5.52. The maximum Gasteiger partial charge on any atom is 0.255 e. The van der Waals surface area contributed by atoms with Gasteiger partial charge in [0.25, 0.3) is 5.91 Å². The van der Waals surface area contributed by atoms with Crippen LogP contribution in [0.1, 0.15) is 22.8 Å². The predicted octanol–water partition coefficient (Wildman–Crippen LogP) is 3.11. The van der Waals surface area contributed by atoms with Crippen molar-refractivity contribution in [2.45, 2.75) is 13.3 Å². The second-order valence-electron chi connectivity index (χ2n) is 5.14. The third kappa shape index (κ3) is 3.53. The molecule has 0 saturated carbocycles. The Morgan fingerprint density at radius 1 is 1.04 bits per heavy atom. The van der Waals surface area contributed by atoms with Crippen molar-refractivity contribution in [2.75, 3.05) is 32.4 Å². The highest BCUT2D eigenvalue weighted by Gasteiger charge is 2.17. The minimum atomic E-state index is -0.294. The summed E-state index contributed by atoms with van der Waals surface area (Å²) >= 11 is 0. The first-order chi connectivity index (χ1) is 11.5. The number of nitrogens with two attached hydrogens (primary N) is 1. The number of rotatable bonds is 6. The average molecular weight is 330 g/mol. The smallest absolute Gasteiger partial charge is 0.255 e.